The largest absolute Gasteiger partial charge is 0.303 e. The molecular formula is C4H7N5O. The van der Waals surface area contributed by atoms with Crippen molar-refractivity contribution in [3.63, 3.8) is 0 Å². The monoisotopic (exact) mass is 141 g/mol. The maximum absolute atomic E-state index is 10.7. The summed E-state index contributed by atoms with van der Waals surface area (Å²) in [5.41, 5.74) is 0. The number of rotatable bonds is 2. The topological polar surface area (TPSA) is 92.5 Å². The minimum Gasteiger partial charge on any atom is -0.303 e. The van der Waals surface area contributed by atoms with Crippen LogP contribution >= 0.6 is 0 Å². The van der Waals surface area contributed by atoms with Crippen LogP contribution in [-0.4, -0.2) is 5.91 Å². The van der Waals surface area contributed by atoms with Gasteiger partial charge in [0.15, 0.2) is 0 Å². The lowest BCUT2D eigenvalue weighted by Crippen LogP contribution is -1.92. The summed E-state index contributed by atoms with van der Waals surface area (Å²) >= 11 is 0. The predicted octanol–water partition coefficient (Wildman–Crippen LogP) is 0.616. The molecule has 1 rings (SSSR count). The van der Waals surface area contributed by atoms with Crippen LogP contribution in [0.1, 0.15) is 12.8 Å². The minimum absolute atomic E-state index is 0.0803. The molecule has 0 atom stereocenters. The normalized spacial score (nSPS) is 18.8. The van der Waals surface area contributed by atoms with Gasteiger partial charge in [-0.05, 0) is 23.3 Å². The van der Waals surface area contributed by atoms with Crippen LogP contribution in [0, 0.1) is 5.92 Å². The van der Waals surface area contributed by atoms with Crippen LogP contribution in [0.25, 0.3) is 0 Å². The summed E-state index contributed by atoms with van der Waals surface area (Å²) in [5.74, 6) is 4.45. The van der Waals surface area contributed by atoms with E-state index in [9.17, 15) is 4.79 Å². The van der Waals surface area contributed by atoms with E-state index in [-0.39, 0.29) is 11.8 Å². The lowest BCUT2D eigenvalue weighted by Gasteiger charge is -1.79. The summed E-state index contributed by atoms with van der Waals surface area (Å²) in [6.45, 7) is 0. The molecule has 1 fully saturated rings. The Morgan fingerprint density at radius 1 is 1.40 bits per heavy atom. The summed E-state index contributed by atoms with van der Waals surface area (Å²) < 4.78 is 0. The molecule has 2 N–H and O–H groups in total. The van der Waals surface area contributed by atoms with Crippen molar-refractivity contribution in [2.24, 2.45) is 32.5 Å². The van der Waals surface area contributed by atoms with Gasteiger partial charge in [-0.2, -0.15) is 0 Å². The van der Waals surface area contributed by atoms with Gasteiger partial charge in [0.2, 0.25) is 0 Å². The first-order valence-corrected chi connectivity index (χ1v) is 2.89. The Kier molecular flexibility index (Phi) is 2.03. The van der Waals surface area contributed by atoms with E-state index >= 15 is 0 Å². The molecule has 0 aliphatic heterocycles. The van der Waals surface area contributed by atoms with Crippen molar-refractivity contribution in [3.8, 4) is 0 Å². The van der Waals surface area contributed by atoms with Gasteiger partial charge >= 0.3 is 0 Å². The summed E-state index contributed by atoms with van der Waals surface area (Å²) in [5, 5.41) is 12.0. The summed E-state index contributed by atoms with van der Waals surface area (Å²) in [6.07, 6.45) is 1.83. The minimum atomic E-state index is -0.229. The van der Waals surface area contributed by atoms with Crippen LogP contribution in [0.5, 0.6) is 0 Å². The zero-order valence-corrected chi connectivity index (χ0v) is 5.27. The third-order valence-corrected chi connectivity index (χ3v) is 1.16. The molecule has 1 aliphatic carbocycles. The number of carbonyl (C=O) groups is 1. The number of amides is 1. The Hall–Kier alpha value is -1.33. The van der Waals surface area contributed by atoms with E-state index in [1.54, 1.807) is 0 Å². The Balaban J connectivity index is 2.28. The average molecular weight is 141 g/mol. The first-order valence-electron chi connectivity index (χ1n) is 2.89. The first kappa shape index (κ1) is 6.79. The molecule has 10 heavy (non-hydrogen) atoms. The van der Waals surface area contributed by atoms with Gasteiger partial charge in [-0.1, -0.05) is 10.3 Å². The van der Waals surface area contributed by atoms with Crippen molar-refractivity contribution in [1.29, 1.82) is 0 Å². The molecule has 0 aromatic carbocycles. The zero-order valence-electron chi connectivity index (χ0n) is 5.27. The molecular weight excluding hydrogens is 134 g/mol. The van der Waals surface area contributed by atoms with Gasteiger partial charge in [0.1, 0.15) is 0 Å². The van der Waals surface area contributed by atoms with Crippen LogP contribution in [0.15, 0.2) is 20.8 Å². The van der Waals surface area contributed by atoms with Gasteiger partial charge in [0, 0.05) is 5.92 Å². The fraction of sp³-hybridized carbons (Fsp3) is 0.750. The molecule has 0 aromatic heterocycles. The lowest BCUT2D eigenvalue weighted by molar-refractivity contribution is -0.119. The third kappa shape index (κ3) is 1.88. The highest BCUT2D eigenvalue weighted by Gasteiger charge is 2.29. The van der Waals surface area contributed by atoms with Gasteiger partial charge in [0.05, 0.1) is 0 Å². The molecule has 0 aromatic rings. The van der Waals surface area contributed by atoms with Gasteiger partial charge in [-0.25, -0.2) is 0 Å². The fourth-order valence-corrected chi connectivity index (χ4v) is 0.499. The number of carbonyl (C=O) groups excluding carboxylic acids is 1. The third-order valence-electron chi connectivity index (χ3n) is 1.16. The molecule has 1 aliphatic rings. The van der Waals surface area contributed by atoms with Crippen LogP contribution in [0.3, 0.4) is 0 Å². The van der Waals surface area contributed by atoms with E-state index in [0.717, 1.165) is 12.8 Å². The number of hydrogen-bond acceptors (Lipinski definition) is 2. The van der Waals surface area contributed by atoms with Gasteiger partial charge in [0.25, 0.3) is 5.91 Å². The van der Waals surface area contributed by atoms with Crippen molar-refractivity contribution in [2.45, 2.75) is 12.8 Å². The maximum atomic E-state index is 10.7. The first-order chi connectivity index (χ1) is 4.84. The molecule has 6 nitrogen and oxygen atoms in total. The van der Waals surface area contributed by atoms with E-state index in [1.165, 1.54) is 0 Å². The van der Waals surface area contributed by atoms with Gasteiger partial charge in [-0.15, -0.1) is 0 Å². The number of hydrogen-bond donors (Lipinski definition) is 1. The Labute approximate surface area is 57.2 Å². The standard InChI is InChI=1S/C4H7N5O/c5-7-9-8-6-4(10)3-1-2-3/h3H,1-2H2,(H2,5,6,9,10). The van der Waals surface area contributed by atoms with Crippen LogP contribution < -0.4 is 5.84 Å². The number of nitrogens with zero attached hydrogens (tertiary/aromatic N) is 4. The fourth-order valence-electron chi connectivity index (χ4n) is 0.499. The van der Waals surface area contributed by atoms with E-state index < -0.39 is 0 Å². The SMILES string of the molecule is NN=NN=NC(=O)C1CC1. The van der Waals surface area contributed by atoms with E-state index in [1.807, 2.05) is 0 Å². The Bertz CT molecular complexity index is 182. The number of nitrogens with two attached hydrogens (primary N) is 1. The van der Waals surface area contributed by atoms with E-state index in [0.29, 0.717) is 0 Å². The highest BCUT2D eigenvalue weighted by molar-refractivity contribution is 5.81. The molecule has 0 spiro atoms. The molecule has 6 heteroatoms. The Morgan fingerprint density at radius 2 is 2.10 bits per heavy atom. The second-order valence-electron chi connectivity index (χ2n) is 2.01. The highest BCUT2D eigenvalue weighted by atomic mass is 16.2. The predicted molar refractivity (Wildman–Crippen MR) is 31.6 cm³/mol. The summed E-state index contributed by atoms with van der Waals surface area (Å²) in [6, 6.07) is 0. The molecule has 0 saturated heterocycles. The van der Waals surface area contributed by atoms with Crippen LogP contribution in [0.2, 0.25) is 0 Å². The molecule has 0 unspecified atom stereocenters. The lowest BCUT2D eigenvalue weighted by atomic mass is 10.4. The van der Waals surface area contributed by atoms with Crippen molar-refractivity contribution in [3.05, 3.63) is 0 Å². The van der Waals surface area contributed by atoms with Crippen LogP contribution in [0.4, 0.5) is 0 Å². The molecule has 54 valence electrons. The van der Waals surface area contributed by atoms with E-state index in [4.69, 9.17) is 0 Å². The molecule has 1 amide bonds. The average Bonchev–Trinajstić information content (AvgIpc) is 2.69. The maximum Gasteiger partial charge on any atom is 0.269 e. The van der Waals surface area contributed by atoms with Crippen molar-refractivity contribution in [2.75, 3.05) is 0 Å². The molecule has 0 radical (unpaired) electrons. The quantitative estimate of drug-likeness (QED) is 0.346. The molecule has 1 saturated carbocycles. The summed E-state index contributed by atoms with van der Waals surface area (Å²) in [7, 11) is 0. The van der Waals surface area contributed by atoms with E-state index in [2.05, 4.69) is 26.6 Å². The Morgan fingerprint density at radius 3 is 2.60 bits per heavy atom. The zero-order chi connectivity index (χ0) is 7.40. The smallest absolute Gasteiger partial charge is 0.269 e. The molecule has 0 bridgehead atoms. The van der Waals surface area contributed by atoms with Crippen molar-refractivity contribution < 1.29 is 4.79 Å². The van der Waals surface area contributed by atoms with Gasteiger partial charge in [-0.3, -0.25) is 4.79 Å². The second-order valence-corrected chi connectivity index (χ2v) is 2.01. The van der Waals surface area contributed by atoms with Gasteiger partial charge < -0.3 is 5.84 Å². The van der Waals surface area contributed by atoms with Crippen molar-refractivity contribution in [1.82, 2.24) is 0 Å². The molecule has 0 heterocycles. The second kappa shape index (κ2) is 3.00. The van der Waals surface area contributed by atoms with Crippen molar-refractivity contribution >= 4 is 5.91 Å². The highest BCUT2D eigenvalue weighted by Crippen LogP contribution is 2.30. The van der Waals surface area contributed by atoms with Crippen LogP contribution in [-0.2, 0) is 4.79 Å². The summed E-state index contributed by atoms with van der Waals surface area (Å²) in [4.78, 5) is 10.7.